The van der Waals surface area contributed by atoms with Crippen LogP contribution in [0.15, 0.2) is 121 Å². The molecule has 2 radical (unpaired) electrons. The fraction of sp³-hybridized carbons (Fsp3) is 0.188. The third kappa shape index (κ3) is 6.95. The van der Waals surface area contributed by atoms with Crippen molar-refractivity contribution >= 4 is 25.8 Å². The van der Waals surface area contributed by atoms with E-state index in [4.69, 9.17) is 10.8 Å². The van der Waals surface area contributed by atoms with E-state index in [1.807, 2.05) is 72.8 Å². The molecule has 0 aliphatic carbocycles. The molecule has 0 spiro atoms. The van der Waals surface area contributed by atoms with Crippen LogP contribution in [0.1, 0.15) is 46.9 Å². The molecular formula is C32H32B2N2. The SMILES string of the molecule is N=C([B]CCCC[B]C(=N)C(c1ccccc1)c1ccccc1)C(c1ccccc1)c1ccccc1. The molecule has 0 saturated carbocycles. The van der Waals surface area contributed by atoms with Crippen LogP contribution in [0.25, 0.3) is 0 Å². The van der Waals surface area contributed by atoms with E-state index in [1.165, 1.54) is 0 Å². The first-order valence-electron chi connectivity index (χ1n) is 12.8. The second-order valence-corrected chi connectivity index (χ2v) is 9.11. The highest BCUT2D eigenvalue weighted by molar-refractivity contribution is 6.76. The molecule has 0 aromatic heterocycles. The molecule has 0 heterocycles. The van der Waals surface area contributed by atoms with E-state index in [0.717, 1.165) is 47.7 Å². The first-order valence-corrected chi connectivity index (χ1v) is 12.8. The van der Waals surface area contributed by atoms with E-state index in [1.54, 1.807) is 0 Å². The smallest absolute Gasteiger partial charge is 0.172 e. The van der Waals surface area contributed by atoms with Gasteiger partial charge in [0.2, 0.25) is 0 Å². The Morgan fingerprint density at radius 1 is 0.444 bits per heavy atom. The van der Waals surface area contributed by atoms with Crippen LogP contribution in [-0.4, -0.2) is 25.8 Å². The zero-order valence-electron chi connectivity index (χ0n) is 20.7. The minimum absolute atomic E-state index is 0.0374. The Morgan fingerprint density at radius 3 is 0.944 bits per heavy atom. The highest BCUT2D eigenvalue weighted by Gasteiger charge is 2.20. The molecule has 0 amide bonds. The lowest BCUT2D eigenvalue weighted by molar-refractivity contribution is 0.876. The lowest BCUT2D eigenvalue weighted by atomic mass is 9.59. The third-order valence-corrected chi connectivity index (χ3v) is 6.54. The lowest BCUT2D eigenvalue weighted by Gasteiger charge is -2.20. The number of hydrogen-bond donors (Lipinski definition) is 2. The van der Waals surface area contributed by atoms with E-state index in [9.17, 15) is 0 Å². The van der Waals surface area contributed by atoms with Gasteiger partial charge in [0, 0.05) is 11.8 Å². The molecular weight excluding hydrogens is 434 g/mol. The molecule has 0 fully saturated rings. The van der Waals surface area contributed by atoms with Gasteiger partial charge in [0.25, 0.3) is 0 Å². The lowest BCUT2D eigenvalue weighted by Crippen LogP contribution is -2.20. The van der Waals surface area contributed by atoms with Crippen LogP contribution in [0, 0.1) is 10.8 Å². The number of nitrogens with one attached hydrogen (secondary N) is 2. The van der Waals surface area contributed by atoms with Gasteiger partial charge in [0.1, 0.15) is 0 Å². The Hall–Kier alpha value is -3.65. The summed E-state index contributed by atoms with van der Waals surface area (Å²) in [5.41, 5.74) is 5.91. The van der Waals surface area contributed by atoms with Crippen LogP contribution < -0.4 is 0 Å². The molecule has 0 aliphatic rings. The first-order chi connectivity index (χ1) is 17.7. The third-order valence-electron chi connectivity index (χ3n) is 6.54. The van der Waals surface area contributed by atoms with Gasteiger partial charge in [0.15, 0.2) is 14.6 Å². The molecule has 4 aromatic carbocycles. The maximum atomic E-state index is 8.82. The van der Waals surface area contributed by atoms with E-state index in [-0.39, 0.29) is 11.8 Å². The van der Waals surface area contributed by atoms with Crippen molar-refractivity contribution in [2.75, 3.05) is 0 Å². The molecule has 4 aromatic rings. The summed E-state index contributed by atoms with van der Waals surface area (Å²) in [6.45, 7) is 0. The van der Waals surface area contributed by atoms with Gasteiger partial charge in [-0.05, 0) is 33.5 Å². The van der Waals surface area contributed by atoms with Gasteiger partial charge in [-0.15, -0.1) is 0 Å². The van der Waals surface area contributed by atoms with Crippen molar-refractivity contribution in [3.8, 4) is 0 Å². The average molecular weight is 466 g/mol. The maximum absolute atomic E-state index is 8.82. The van der Waals surface area contributed by atoms with E-state index >= 15 is 0 Å². The summed E-state index contributed by atoms with van der Waals surface area (Å²) >= 11 is 0. The normalized spacial score (nSPS) is 10.8. The largest absolute Gasteiger partial charge is 0.319 e. The van der Waals surface area contributed by atoms with Crippen LogP contribution in [-0.2, 0) is 0 Å². The van der Waals surface area contributed by atoms with Crippen LogP contribution in [0.2, 0.25) is 12.6 Å². The Morgan fingerprint density at radius 2 is 0.694 bits per heavy atom. The van der Waals surface area contributed by atoms with Crippen molar-refractivity contribution < 1.29 is 0 Å². The van der Waals surface area contributed by atoms with Gasteiger partial charge in [0.05, 0.1) is 0 Å². The van der Waals surface area contributed by atoms with E-state index in [0.29, 0.717) is 11.2 Å². The highest BCUT2D eigenvalue weighted by atomic mass is 14.4. The van der Waals surface area contributed by atoms with E-state index < -0.39 is 0 Å². The molecule has 0 saturated heterocycles. The topological polar surface area (TPSA) is 47.7 Å². The summed E-state index contributed by atoms with van der Waals surface area (Å²) in [5.74, 6) is -0.0747. The van der Waals surface area contributed by atoms with Crippen LogP contribution >= 0.6 is 0 Å². The molecule has 0 atom stereocenters. The summed E-state index contributed by atoms with van der Waals surface area (Å²) in [5, 5.41) is 17.6. The maximum Gasteiger partial charge on any atom is 0.172 e. The predicted molar refractivity (Wildman–Crippen MR) is 155 cm³/mol. The first kappa shape index (κ1) is 25.4. The number of hydrogen-bond acceptors (Lipinski definition) is 2. The number of benzene rings is 4. The summed E-state index contributed by atoms with van der Waals surface area (Å²) in [6, 6.07) is 41.3. The van der Waals surface area contributed by atoms with Gasteiger partial charge in [-0.2, -0.15) is 0 Å². The van der Waals surface area contributed by atoms with Crippen molar-refractivity contribution in [2.24, 2.45) is 0 Å². The Kier molecular flexibility index (Phi) is 9.50. The van der Waals surface area contributed by atoms with Crippen LogP contribution in [0.4, 0.5) is 0 Å². The van der Waals surface area contributed by atoms with Gasteiger partial charge in [-0.3, -0.25) is 0 Å². The minimum Gasteiger partial charge on any atom is -0.319 e. The Balaban J connectivity index is 1.28. The molecule has 0 aliphatic heterocycles. The second kappa shape index (κ2) is 13.4. The Labute approximate surface area is 217 Å². The standard InChI is InChI=1S/C32H32B2N2/c35-31(29(25-15-5-1-6-16-25)26-17-7-2-8-18-26)33-23-13-14-24-34-32(36)30(27-19-9-3-10-20-27)28-21-11-4-12-22-28/h1-12,15-22,29-30,35-36H,13-14,23-24H2. The molecule has 4 heteroatoms. The summed E-state index contributed by atoms with van der Waals surface area (Å²) in [4.78, 5) is 0. The second-order valence-electron chi connectivity index (χ2n) is 9.11. The predicted octanol–water partition coefficient (Wildman–Crippen LogP) is 7.63. The molecule has 2 N–H and O–H groups in total. The minimum atomic E-state index is -0.0374. The van der Waals surface area contributed by atoms with Crippen molar-refractivity contribution in [2.45, 2.75) is 37.3 Å². The monoisotopic (exact) mass is 466 g/mol. The molecule has 0 bridgehead atoms. The zero-order valence-corrected chi connectivity index (χ0v) is 20.7. The van der Waals surface area contributed by atoms with Crippen LogP contribution in [0.5, 0.6) is 0 Å². The fourth-order valence-corrected chi connectivity index (χ4v) is 4.72. The van der Waals surface area contributed by atoms with Crippen molar-refractivity contribution in [1.29, 1.82) is 10.8 Å². The van der Waals surface area contributed by atoms with Gasteiger partial charge >= 0.3 is 0 Å². The van der Waals surface area contributed by atoms with Crippen LogP contribution in [0.3, 0.4) is 0 Å². The quantitative estimate of drug-likeness (QED) is 0.116. The Bertz CT molecular complexity index is 1030. The molecule has 36 heavy (non-hydrogen) atoms. The summed E-state index contributed by atoms with van der Waals surface area (Å²) in [6.07, 6.45) is 3.75. The van der Waals surface area contributed by atoms with E-state index in [2.05, 4.69) is 63.1 Å². The van der Waals surface area contributed by atoms with Gasteiger partial charge < -0.3 is 10.8 Å². The van der Waals surface area contributed by atoms with Gasteiger partial charge in [-0.1, -0.05) is 147 Å². The van der Waals surface area contributed by atoms with Crippen molar-refractivity contribution in [3.63, 3.8) is 0 Å². The molecule has 4 rings (SSSR count). The number of unbranched alkanes of at least 4 members (excludes halogenated alkanes) is 1. The summed E-state index contributed by atoms with van der Waals surface area (Å²) < 4.78 is 0. The number of rotatable bonds is 13. The molecule has 2 nitrogen and oxygen atoms in total. The average Bonchev–Trinajstić information content (AvgIpc) is 2.93. The highest BCUT2D eigenvalue weighted by Crippen LogP contribution is 2.27. The zero-order chi connectivity index (χ0) is 25.0. The van der Waals surface area contributed by atoms with Crippen molar-refractivity contribution in [1.82, 2.24) is 0 Å². The fourth-order valence-electron chi connectivity index (χ4n) is 4.72. The molecule has 176 valence electrons. The van der Waals surface area contributed by atoms with Gasteiger partial charge in [-0.25, -0.2) is 0 Å². The van der Waals surface area contributed by atoms with Crippen molar-refractivity contribution in [3.05, 3.63) is 144 Å². The summed E-state index contributed by atoms with van der Waals surface area (Å²) in [7, 11) is 4.15. The molecule has 0 unspecified atom stereocenters.